The number of carbonyl (C=O) groups excluding carboxylic acids is 2. The third-order valence-corrected chi connectivity index (χ3v) is 3.02. The van der Waals surface area contributed by atoms with Crippen molar-refractivity contribution in [1.29, 1.82) is 0 Å². The molecule has 0 saturated heterocycles. The maximum Gasteiger partial charge on any atom is 0.239 e. The zero-order chi connectivity index (χ0) is 12.4. The average molecular weight is 253 g/mol. The number of nitrogens with one attached hydrogen (secondary N) is 1. The summed E-state index contributed by atoms with van der Waals surface area (Å²) in [7, 11) is 0. The van der Waals surface area contributed by atoms with E-state index in [9.17, 15) is 9.59 Å². The predicted octanol–water partition coefficient (Wildman–Crippen LogP) is 1.73. The van der Waals surface area contributed by atoms with Crippen LogP contribution in [-0.4, -0.2) is 22.6 Å². The minimum Gasteiger partial charge on any atom is -0.334 e. The zero-order valence-corrected chi connectivity index (χ0v) is 10.3. The molecule has 1 aromatic carbocycles. The summed E-state index contributed by atoms with van der Waals surface area (Å²) in [5.74, 6) is -0.225. The number of fused-ring (bicyclic) bond motifs is 1. The Balaban J connectivity index is 2.15. The Labute approximate surface area is 105 Å². The van der Waals surface area contributed by atoms with Gasteiger partial charge in [0.2, 0.25) is 11.8 Å². The van der Waals surface area contributed by atoms with Crippen LogP contribution in [0.5, 0.6) is 0 Å². The van der Waals surface area contributed by atoms with Crippen molar-refractivity contribution < 1.29 is 9.59 Å². The Bertz CT molecular complexity index is 474. The monoisotopic (exact) mass is 252 g/mol. The van der Waals surface area contributed by atoms with Crippen LogP contribution in [0.3, 0.4) is 0 Å². The highest BCUT2D eigenvalue weighted by atomic mass is 35.5. The van der Waals surface area contributed by atoms with Crippen LogP contribution in [0.1, 0.15) is 18.1 Å². The quantitative estimate of drug-likeness (QED) is 0.815. The fraction of sp³-hybridized carbons (Fsp3) is 0.333. The van der Waals surface area contributed by atoms with E-state index in [-0.39, 0.29) is 17.7 Å². The molecule has 1 heterocycles. The molecule has 0 radical (unpaired) electrons. The van der Waals surface area contributed by atoms with Crippen LogP contribution in [0.15, 0.2) is 18.2 Å². The minimum atomic E-state index is -0.229. The molecular weight excluding hydrogens is 240 g/mol. The molecule has 0 aromatic heterocycles. The molecule has 0 aliphatic carbocycles. The van der Waals surface area contributed by atoms with Crippen LogP contribution in [0.25, 0.3) is 0 Å². The van der Waals surface area contributed by atoms with E-state index in [1.165, 1.54) is 0 Å². The number of halogens is 1. The second-order valence-corrected chi connectivity index (χ2v) is 4.31. The first-order valence-electron chi connectivity index (χ1n) is 5.33. The first-order valence-corrected chi connectivity index (χ1v) is 5.86. The summed E-state index contributed by atoms with van der Waals surface area (Å²) >= 11 is 5.42. The lowest BCUT2D eigenvalue weighted by atomic mass is 10.1. The molecule has 1 aliphatic rings. The average Bonchev–Trinajstić information content (AvgIpc) is 2.72. The van der Waals surface area contributed by atoms with E-state index in [1.54, 1.807) is 11.8 Å². The van der Waals surface area contributed by atoms with E-state index >= 15 is 0 Å². The van der Waals surface area contributed by atoms with Gasteiger partial charge in [-0.2, -0.15) is 0 Å². The summed E-state index contributed by atoms with van der Waals surface area (Å²) in [5, 5.41) is 2.69. The molecule has 2 amide bonds. The van der Waals surface area contributed by atoms with Crippen molar-refractivity contribution in [3.05, 3.63) is 29.3 Å². The van der Waals surface area contributed by atoms with Gasteiger partial charge in [-0.1, -0.05) is 6.07 Å². The van der Waals surface area contributed by atoms with Gasteiger partial charge in [-0.25, -0.2) is 0 Å². The van der Waals surface area contributed by atoms with E-state index in [1.807, 2.05) is 18.2 Å². The SMILES string of the molecule is CC(=O)N1Cc2ccc(NC(=O)CCl)cc2C1. The number of benzene rings is 1. The lowest BCUT2D eigenvalue weighted by Crippen LogP contribution is -2.21. The van der Waals surface area contributed by atoms with E-state index in [0.29, 0.717) is 13.1 Å². The Hall–Kier alpha value is -1.55. The van der Waals surface area contributed by atoms with Gasteiger partial charge in [0.25, 0.3) is 0 Å². The van der Waals surface area contributed by atoms with Crippen LogP contribution in [0, 0.1) is 0 Å². The number of amides is 2. The summed E-state index contributed by atoms with van der Waals surface area (Å²) in [5.41, 5.74) is 2.93. The number of nitrogens with zero attached hydrogens (tertiary/aromatic N) is 1. The Morgan fingerprint density at radius 1 is 1.35 bits per heavy atom. The van der Waals surface area contributed by atoms with Gasteiger partial charge in [-0.15, -0.1) is 11.6 Å². The number of carbonyl (C=O) groups is 2. The summed E-state index contributed by atoms with van der Waals surface area (Å²) in [6.45, 7) is 2.81. The number of alkyl halides is 1. The zero-order valence-electron chi connectivity index (χ0n) is 9.50. The number of rotatable bonds is 2. The summed E-state index contributed by atoms with van der Waals surface area (Å²) < 4.78 is 0. The van der Waals surface area contributed by atoms with Crippen LogP contribution < -0.4 is 5.32 Å². The molecular formula is C12H13ClN2O2. The summed E-state index contributed by atoms with van der Waals surface area (Å²) in [6.07, 6.45) is 0. The van der Waals surface area contributed by atoms with E-state index in [2.05, 4.69) is 5.32 Å². The molecule has 1 aliphatic heterocycles. The first kappa shape index (κ1) is 11.9. The standard InChI is InChI=1S/C12H13ClN2O2/c1-8(16)15-6-9-2-3-11(4-10(9)7-15)14-12(17)5-13/h2-4H,5-7H2,1H3,(H,14,17). The molecule has 2 rings (SSSR count). The van der Waals surface area contributed by atoms with Crippen molar-refractivity contribution >= 4 is 29.1 Å². The molecule has 90 valence electrons. The van der Waals surface area contributed by atoms with Crippen molar-refractivity contribution in [3.8, 4) is 0 Å². The van der Waals surface area contributed by atoms with Crippen molar-refractivity contribution in [1.82, 2.24) is 4.90 Å². The molecule has 0 atom stereocenters. The Kier molecular flexibility index (Phi) is 3.33. The van der Waals surface area contributed by atoms with Gasteiger partial charge in [0, 0.05) is 25.7 Å². The maximum atomic E-state index is 11.3. The number of hydrogen-bond donors (Lipinski definition) is 1. The third-order valence-electron chi connectivity index (χ3n) is 2.78. The first-order chi connectivity index (χ1) is 8.10. The molecule has 17 heavy (non-hydrogen) atoms. The van der Waals surface area contributed by atoms with Crippen LogP contribution in [-0.2, 0) is 22.7 Å². The number of hydrogen-bond acceptors (Lipinski definition) is 2. The Morgan fingerprint density at radius 2 is 2.06 bits per heavy atom. The van der Waals surface area contributed by atoms with Gasteiger partial charge in [-0.3, -0.25) is 9.59 Å². The second kappa shape index (κ2) is 4.75. The van der Waals surface area contributed by atoms with Crippen LogP contribution in [0.4, 0.5) is 5.69 Å². The van der Waals surface area contributed by atoms with Crippen molar-refractivity contribution in [2.75, 3.05) is 11.2 Å². The number of anilines is 1. The fourth-order valence-corrected chi connectivity index (χ4v) is 1.96. The van der Waals surface area contributed by atoms with Gasteiger partial charge in [0.05, 0.1) is 0 Å². The molecule has 0 bridgehead atoms. The van der Waals surface area contributed by atoms with Crippen LogP contribution in [0.2, 0.25) is 0 Å². The van der Waals surface area contributed by atoms with Gasteiger partial charge in [0.15, 0.2) is 0 Å². The highest BCUT2D eigenvalue weighted by Gasteiger charge is 2.20. The molecule has 0 fully saturated rings. The van der Waals surface area contributed by atoms with E-state index < -0.39 is 0 Å². The van der Waals surface area contributed by atoms with Gasteiger partial charge in [0.1, 0.15) is 5.88 Å². The van der Waals surface area contributed by atoms with Crippen molar-refractivity contribution in [2.45, 2.75) is 20.0 Å². The molecule has 0 saturated carbocycles. The lowest BCUT2D eigenvalue weighted by Gasteiger charge is -2.11. The molecule has 1 aromatic rings. The smallest absolute Gasteiger partial charge is 0.239 e. The minimum absolute atomic E-state index is 0.0589. The fourth-order valence-electron chi connectivity index (χ4n) is 1.89. The summed E-state index contributed by atoms with van der Waals surface area (Å²) in [4.78, 5) is 24.2. The summed E-state index contributed by atoms with van der Waals surface area (Å²) in [6, 6.07) is 5.65. The van der Waals surface area contributed by atoms with Crippen LogP contribution >= 0.6 is 11.6 Å². The van der Waals surface area contributed by atoms with E-state index in [4.69, 9.17) is 11.6 Å². The predicted molar refractivity (Wildman–Crippen MR) is 65.7 cm³/mol. The maximum absolute atomic E-state index is 11.3. The van der Waals surface area contributed by atoms with Gasteiger partial charge >= 0.3 is 0 Å². The largest absolute Gasteiger partial charge is 0.334 e. The molecule has 0 unspecified atom stereocenters. The lowest BCUT2D eigenvalue weighted by molar-refractivity contribution is -0.129. The molecule has 1 N–H and O–H groups in total. The normalized spacial score (nSPS) is 13.4. The van der Waals surface area contributed by atoms with Gasteiger partial charge < -0.3 is 10.2 Å². The third kappa shape index (κ3) is 2.58. The van der Waals surface area contributed by atoms with Gasteiger partial charge in [-0.05, 0) is 23.3 Å². The Morgan fingerprint density at radius 3 is 2.71 bits per heavy atom. The van der Waals surface area contributed by atoms with Crippen molar-refractivity contribution in [2.24, 2.45) is 0 Å². The highest BCUT2D eigenvalue weighted by Crippen LogP contribution is 2.25. The topological polar surface area (TPSA) is 49.4 Å². The molecule has 4 nitrogen and oxygen atoms in total. The van der Waals surface area contributed by atoms with E-state index in [0.717, 1.165) is 16.8 Å². The second-order valence-electron chi connectivity index (χ2n) is 4.04. The highest BCUT2D eigenvalue weighted by molar-refractivity contribution is 6.29. The van der Waals surface area contributed by atoms with Crippen molar-refractivity contribution in [3.63, 3.8) is 0 Å². The molecule has 0 spiro atoms. The molecule has 5 heteroatoms.